The molecule has 2 fully saturated rings. The van der Waals surface area contributed by atoms with Gasteiger partial charge in [0.25, 0.3) is 0 Å². The zero-order valence-electron chi connectivity index (χ0n) is 12.9. The molecule has 0 bridgehead atoms. The van der Waals surface area contributed by atoms with E-state index in [9.17, 15) is 13.7 Å². The Morgan fingerprint density at radius 1 is 1.30 bits per heavy atom. The molecule has 0 spiro atoms. The standard InChI is InChI=1S/C15H20N4O3S/c16-11-13-3-1-5-17-15(13)18-6-2-4-14(12-18)23(20,21)19-7-9-22-10-8-19/h1,3,5,14H,2,4,6-10,12H2/t14-/m0/s1. The fourth-order valence-corrected chi connectivity index (χ4v) is 5.03. The Kier molecular flexibility index (Phi) is 4.80. The number of morpholine rings is 1. The first-order chi connectivity index (χ1) is 11.1. The number of pyridine rings is 1. The SMILES string of the molecule is N#Cc1cccnc1N1CCC[C@H](S(=O)(=O)N2CCOCC2)C1. The molecule has 0 saturated carbocycles. The zero-order chi connectivity index (χ0) is 16.3. The highest BCUT2D eigenvalue weighted by Gasteiger charge is 2.36. The average molecular weight is 336 g/mol. The third kappa shape index (κ3) is 3.32. The van der Waals surface area contributed by atoms with E-state index < -0.39 is 15.3 Å². The Bertz CT molecular complexity index is 695. The smallest absolute Gasteiger partial charge is 0.218 e. The van der Waals surface area contributed by atoms with Crippen molar-refractivity contribution < 1.29 is 13.2 Å². The van der Waals surface area contributed by atoms with Crippen molar-refractivity contribution >= 4 is 15.8 Å². The van der Waals surface area contributed by atoms with Gasteiger partial charge in [-0.05, 0) is 25.0 Å². The molecule has 1 aromatic rings. The summed E-state index contributed by atoms with van der Waals surface area (Å²) in [5, 5.41) is 8.77. The van der Waals surface area contributed by atoms with Gasteiger partial charge in [-0.25, -0.2) is 13.4 Å². The van der Waals surface area contributed by atoms with E-state index in [-0.39, 0.29) is 0 Å². The molecule has 0 N–H and O–H groups in total. The monoisotopic (exact) mass is 336 g/mol. The van der Waals surface area contributed by atoms with Crippen molar-refractivity contribution in [2.45, 2.75) is 18.1 Å². The van der Waals surface area contributed by atoms with Gasteiger partial charge in [-0.15, -0.1) is 0 Å². The topological polar surface area (TPSA) is 86.5 Å². The van der Waals surface area contributed by atoms with Crippen LogP contribution in [-0.2, 0) is 14.8 Å². The lowest BCUT2D eigenvalue weighted by molar-refractivity contribution is 0.0725. The van der Waals surface area contributed by atoms with E-state index in [0.717, 1.165) is 13.0 Å². The lowest BCUT2D eigenvalue weighted by Gasteiger charge is -2.37. The lowest BCUT2D eigenvalue weighted by Crippen LogP contribution is -2.51. The Balaban J connectivity index is 1.79. The van der Waals surface area contributed by atoms with Crippen molar-refractivity contribution in [1.29, 1.82) is 5.26 Å². The van der Waals surface area contributed by atoms with Crippen LogP contribution < -0.4 is 4.90 Å². The summed E-state index contributed by atoms with van der Waals surface area (Å²) >= 11 is 0. The first-order valence-corrected chi connectivity index (χ1v) is 9.30. The minimum absolute atomic E-state index is 0.380. The summed E-state index contributed by atoms with van der Waals surface area (Å²) < 4.78 is 32.4. The molecule has 1 aromatic heterocycles. The molecule has 0 unspecified atom stereocenters. The molecule has 23 heavy (non-hydrogen) atoms. The van der Waals surface area contributed by atoms with E-state index in [1.807, 2.05) is 4.90 Å². The predicted molar refractivity (Wildman–Crippen MR) is 85.5 cm³/mol. The molecule has 2 saturated heterocycles. The summed E-state index contributed by atoms with van der Waals surface area (Å²) in [6, 6.07) is 5.56. The molecule has 124 valence electrons. The van der Waals surface area contributed by atoms with E-state index in [4.69, 9.17) is 4.74 Å². The summed E-state index contributed by atoms with van der Waals surface area (Å²) in [7, 11) is -3.34. The third-order valence-corrected chi connectivity index (χ3v) is 6.65. The van der Waals surface area contributed by atoms with Gasteiger partial charge in [0.2, 0.25) is 10.0 Å². The Morgan fingerprint density at radius 3 is 2.83 bits per heavy atom. The molecule has 8 heteroatoms. The van der Waals surface area contributed by atoms with Crippen LogP contribution >= 0.6 is 0 Å². The number of hydrogen-bond acceptors (Lipinski definition) is 6. The maximum Gasteiger partial charge on any atom is 0.218 e. The molecule has 0 radical (unpaired) electrons. The van der Waals surface area contributed by atoms with E-state index >= 15 is 0 Å². The number of sulfonamides is 1. The van der Waals surface area contributed by atoms with Crippen molar-refractivity contribution in [3.05, 3.63) is 23.9 Å². The van der Waals surface area contributed by atoms with Crippen LogP contribution in [0.15, 0.2) is 18.3 Å². The van der Waals surface area contributed by atoms with Crippen molar-refractivity contribution in [3.8, 4) is 6.07 Å². The molecule has 7 nitrogen and oxygen atoms in total. The molecule has 0 aliphatic carbocycles. The highest BCUT2D eigenvalue weighted by molar-refractivity contribution is 7.89. The summed E-state index contributed by atoms with van der Waals surface area (Å²) in [6.45, 7) is 2.85. The van der Waals surface area contributed by atoms with Crippen LogP contribution in [0.2, 0.25) is 0 Å². The number of nitriles is 1. The Hall–Kier alpha value is -1.69. The van der Waals surface area contributed by atoms with E-state index in [0.29, 0.717) is 50.7 Å². The molecule has 2 aliphatic heterocycles. The van der Waals surface area contributed by atoms with Crippen LogP contribution in [0, 0.1) is 11.3 Å². The van der Waals surface area contributed by atoms with Crippen molar-refractivity contribution in [2.24, 2.45) is 0 Å². The van der Waals surface area contributed by atoms with Gasteiger partial charge in [-0.2, -0.15) is 9.57 Å². The van der Waals surface area contributed by atoms with E-state index in [1.165, 1.54) is 4.31 Å². The van der Waals surface area contributed by atoms with Crippen molar-refractivity contribution in [3.63, 3.8) is 0 Å². The van der Waals surface area contributed by atoms with Gasteiger partial charge < -0.3 is 9.64 Å². The highest BCUT2D eigenvalue weighted by atomic mass is 32.2. The first kappa shape index (κ1) is 16.2. The van der Waals surface area contributed by atoms with Crippen LogP contribution in [-0.4, -0.2) is 62.3 Å². The van der Waals surface area contributed by atoms with Gasteiger partial charge in [-0.1, -0.05) is 0 Å². The number of nitrogens with zero attached hydrogens (tertiary/aromatic N) is 4. The van der Waals surface area contributed by atoms with Gasteiger partial charge >= 0.3 is 0 Å². The quantitative estimate of drug-likeness (QED) is 0.803. The number of piperidine rings is 1. The van der Waals surface area contributed by atoms with E-state index in [1.54, 1.807) is 18.3 Å². The van der Waals surface area contributed by atoms with Crippen molar-refractivity contribution in [1.82, 2.24) is 9.29 Å². The van der Waals surface area contributed by atoms with Gasteiger partial charge in [0, 0.05) is 32.4 Å². The van der Waals surface area contributed by atoms with Crippen LogP contribution in [0.5, 0.6) is 0 Å². The summed E-state index contributed by atoms with van der Waals surface area (Å²) in [5.41, 5.74) is 0.483. The summed E-state index contributed by atoms with van der Waals surface area (Å²) in [4.78, 5) is 6.20. The van der Waals surface area contributed by atoms with Crippen molar-refractivity contribution in [2.75, 3.05) is 44.3 Å². The summed E-state index contributed by atoms with van der Waals surface area (Å²) in [5.74, 6) is 0.580. The van der Waals surface area contributed by atoms with Crippen LogP contribution in [0.25, 0.3) is 0 Å². The average Bonchev–Trinajstić information content (AvgIpc) is 2.62. The lowest BCUT2D eigenvalue weighted by atomic mass is 10.1. The van der Waals surface area contributed by atoms with E-state index in [2.05, 4.69) is 11.1 Å². The van der Waals surface area contributed by atoms with Gasteiger partial charge in [0.1, 0.15) is 11.9 Å². The minimum Gasteiger partial charge on any atom is -0.379 e. The Morgan fingerprint density at radius 2 is 2.09 bits per heavy atom. The largest absolute Gasteiger partial charge is 0.379 e. The van der Waals surface area contributed by atoms with Gasteiger partial charge in [0.15, 0.2) is 0 Å². The van der Waals surface area contributed by atoms with Crippen LogP contribution in [0.4, 0.5) is 5.82 Å². The molecule has 2 aliphatic rings. The fourth-order valence-electron chi connectivity index (χ4n) is 3.12. The molecule has 3 heterocycles. The Labute approximate surface area is 136 Å². The van der Waals surface area contributed by atoms with Crippen LogP contribution in [0.1, 0.15) is 18.4 Å². The van der Waals surface area contributed by atoms with Gasteiger partial charge in [-0.3, -0.25) is 0 Å². The second-order valence-electron chi connectivity index (χ2n) is 5.75. The molecular weight excluding hydrogens is 316 g/mol. The maximum atomic E-state index is 12.8. The fraction of sp³-hybridized carbons (Fsp3) is 0.600. The molecule has 0 aromatic carbocycles. The number of aromatic nitrogens is 1. The maximum absolute atomic E-state index is 12.8. The zero-order valence-corrected chi connectivity index (χ0v) is 13.7. The minimum atomic E-state index is -3.34. The normalized spacial score (nSPS) is 23.4. The predicted octanol–water partition coefficient (Wildman–Crippen LogP) is 0.584. The molecule has 0 amide bonds. The van der Waals surface area contributed by atoms with Crippen LogP contribution in [0.3, 0.4) is 0 Å². The molecule has 1 atom stereocenters. The highest BCUT2D eigenvalue weighted by Crippen LogP contribution is 2.26. The summed E-state index contributed by atoms with van der Waals surface area (Å²) in [6.07, 6.45) is 3.05. The second kappa shape index (κ2) is 6.83. The number of ether oxygens (including phenoxy) is 1. The number of hydrogen-bond donors (Lipinski definition) is 0. The number of anilines is 1. The number of rotatable bonds is 3. The molecular formula is C15H20N4O3S. The first-order valence-electron chi connectivity index (χ1n) is 7.79. The van der Waals surface area contributed by atoms with Gasteiger partial charge in [0.05, 0.1) is 24.0 Å². The second-order valence-corrected chi connectivity index (χ2v) is 7.97. The third-order valence-electron chi connectivity index (χ3n) is 4.34. The molecule has 3 rings (SSSR count).